The molecule has 1 aromatic carbocycles. The maximum Gasteiger partial charge on any atom is 0.237 e. The highest BCUT2D eigenvalue weighted by Gasteiger charge is 2.32. The van der Waals surface area contributed by atoms with Gasteiger partial charge in [0.25, 0.3) is 0 Å². The van der Waals surface area contributed by atoms with Crippen LogP contribution in [-0.2, 0) is 11.2 Å². The zero-order valence-corrected chi connectivity index (χ0v) is 16.2. The van der Waals surface area contributed by atoms with Gasteiger partial charge < -0.3 is 15.0 Å². The summed E-state index contributed by atoms with van der Waals surface area (Å²) in [6.07, 6.45) is 0.931. The van der Waals surface area contributed by atoms with Gasteiger partial charge in [-0.1, -0.05) is 12.1 Å². The second kappa shape index (κ2) is 7.18. The number of methoxy groups -OCH3 is 1. The topological polar surface area (TPSA) is 41.6 Å². The molecule has 1 N–H and O–H groups in total. The van der Waals surface area contributed by atoms with Crippen molar-refractivity contribution < 1.29 is 9.53 Å². The van der Waals surface area contributed by atoms with Gasteiger partial charge in [0.1, 0.15) is 5.75 Å². The first kappa shape index (κ1) is 18.0. The van der Waals surface area contributed by atoms with Gasteiger partial charge >= 0.3 is 0 Å². The van der Waals surface area contributed by atoms with E-state index in [9.17, 15) is 4.79 Å². The molecule has 2 aromatic rings. The molecule has 0 aliphatic carbocycles. The Hall–Kier alpha value is -1.85. The normalized spacial score (nSPS) is 17.3. The third-order valence-electron chi connectivity index (χ3n) is 4.49. The van der Waals surface area contributed by atoms with E-state index in [4.69, 9.17) is 4.74 Å². The van der Waals surface area contributed by atoms with E-state index in [-0.39, 0.29) is 17.5 Å². The molecule has 4 nitrogen and oxygen atoms in total. The SMILES string of the molecule is COc1ccc([C@@H]2c3ccsc3CCN2C(=O)CNC(C)(C)C)cc1. The maximum atomic E-state index is 12.9. The van der Waals surface area contributed by atoms with Crippen LogP contribution in [0.5, 0.6) is 5.75 Å². The van der Waals surface area contributed by atoms with Crippen molar-refractivity contribution >= 4 is 17.2 Å². The summed E-state index contributed by atoms with van der Waals surface area (Å²) in [4.78, 5) is 16.3. The van der Waals surface area contributed by atoms with E-state index in [2.05, 4.69) is 49.7 Å². The molecule has 2 heterocycles. The first-order valence-electron chi connectivity index (χ1n) is 8.64. The van der Waals surface area contributed by atoms with Gasteiger partial charge in [-0.3, -0.25) is 4.79 Å². The molecule has 0 bridgehead atoms. The van der Waals surface area contributed by atoms with Crippen LogP contribution in [0.25, 0.3) is 0 Å². The lowest BCUT2D eigenvalue weighted by atomic mass is 9.93. The van der Waals surface area contributed by atoms with Gasteiger partial charge in [0.2, 0.25) is 5.91 Å². The van der Waals surface area contributed by atoms with Crippen LogP contribution in [0, 0.1) is 0 Å². The molecule has 0 spiro atoms. The fourth-order valence-corrected chi connectivity index (χ4v) is 4.08. The van der Waals surface area contributed by atoms with Crippen molar-refractivity contribution in [2.45, 2.75) is 38.8 Å². The van der Waals surface area contributed by atoms with Gasteiger partial charge in [0.15, 0.2) is 0 Å². The molecule has 0 radical (unpaired) electrons. The number of hydrogen-bond acceptors (Lipinski definition) is 4. The number of nitrogens with one attached hydrogen (secondary N) is 1. The quantitative estimate of drug-likeness (QED) is 0.908. The van der Waals surface area contributed by atoms with Crippen molar-refractivity contribution in [2.75, 3.05) is 20.2 Å². The van der Waals surface area contributed by atoms with Crippen LogP contribution in [-0.4, -0.2) is 36.5 Å². The second-order valence-electron chi connectivity index (χ2n) is 7.42. The number of amides is 1. The molecule has 1 amide bonds. The monoisotopic (exact) mass is 358 g/mol. The summed E-state index contributed by atoms with van der Waals surface area (Å²) >= 11 is 1.78. The van der Waals surface area contributed by atoms with Gasteiger partial charge in [-0.15, -0.1) is 11.3 Å². The molecule has 1 aromatic heterocycles. The van der Waals surface area contributed by atoms with Crippen molar-refractivity contribution in [2.24, 2.45) is 0 Å². The smallest absolute Gasteiger partial charge is 0.237 e. The van der Waals surface area contributed by atoms with Crippen LogP contribution in [0.4, 0.5) is 0 Å². The summed E-state index contributed by atoms with van der Waals surface area (Å²) in [5, 5.41) is 5.45. The Kier molecular flexibility index (Phi) is 5.16. The van der Waals surface area contributed by atoms with E-state index in [1.807, 2.05) is 17.0 Å². The highest BCUT2D eigenvalue weighted by molar-refractivity contribution is 7.10. The zero-order chi connectivity index (χ0) is 18.0. The molecule has 1 aliphatic rings. The van der Waals surface area contributed by atoms with Crippen molar-refractivity contribution in [3.63, 3.8) is 0 Å². The molecular formula is C20H26N2O2S. The number of benzene rings is 1. The second-order valence-corrected chi connectivity index (χ2v) is 8.42. The molecular weight excluding hydrogens is 332 g/mol. The van der Waals surface area contributed by atoms with Crippen molar-refractivity contribution in [1.29, 1.82) is 0 Å². The Morgan fingerprint density at radius 2 is 2.00 bits per heavy atom. The summed E-state index contributed by atoms with van der Waals surface area (Å²) in [5.41, 5.74) is 2.31. The van der Waals surface area contributed by atoms with E-state index in [0.717, 1.165) is 24.3 Å². The standard InChI is InChI=1S/C20H26N2O2S/c1-20(2,3)21-13-18(23)22-11-9-17-16(10-12-25-17)19(22)14-5-7-15(24-4)8-6-14/h5-8,10,12,19,21H,9,11,13H2,1-4H3/t19-/m1/s1. The van der Waals surface area contributed by atoms with Crippen LogP contribution >= 0.6 is 11.3 Å². The number of fused-ring (bicyclic) bond motifs is 1. The molecule has 5 heteroatoms. The highest BCUT2D eigenvalue weighted by Crippen LogP contribution is 2.38. The summed E-state index contributed by atoms with van der Waals surface area (Å²) < 4.78 is 5.27. The predicted octanol–water partition coefficient (Wildman–Crippen LogP) is 3.62. The third-order valence-corrected chi connectivity index (χ3v) is 5.48. The van der Waals surface area contributed by atoms with Gasteiger partial charge in [-0.2, -0.15) is 0 Å². The number of ether oxygens (including phenoxy) is 1. The first-order chi connectivity index (χ1) is 11.9. The number of thiophene rings is 1. The van der Waals surface area contributed by atoms with Crippen LogP contribution in [0.2, 0.25) is 0 Å². The Morgan fingerprint density at radius 1 is 1.28 bits per heavy atom. The average molecular weight is 359 g/mol. The summed E-state index contributed by atoms with van der Waals surface area (Å²) in [6, 6.07) is 10.2. The number of hydrogen-bond donors (Lipinski definition) is 1. The molecule has 1 atom stereocenters. The summed E-state index contributed by atoms with van der Waals surface area (Å²) in [5.74, 6) is 0.977. The highest BCUT2D eigenvalue weighted by atomic mass is 32.1. The minimum absolute atomic E-state index is 0.0184. The van der Waals surface area contributed by atoms with E-state index in [1.54, 1.807) is 18.4 Å². The van der Waals surface area contributed by atoms with E-state index in [0.29, 0.717) is 6.54 Å². The van der Waals surface area contributed by atoms with Gasteiger partial charge in [0, 0.05) is 17.0 Å². The fraction of sp³-hybridized carbons (Fsp3) is 0.450. The van der Waals surface area contributed by atoms with E-state index >= 15 is 0 Å². The van der Waals surface area contributed by atoms with Gasteiger partial charge in [-0.05, 0) is 61.9 Å². The summed E-state index contributed by atoms with van der Waals surface area (Å²) in [6.45, 7) is 7.35. The molecule has 0 saturated carbocycles. The van der Waals surface area contributed by atoms with Crippen molar-refractivity contribution in [3.8, 4) is 5.75 Å². The maximum absolute atomic E-state index is 12.9. The zero-order valence-electron chi connectivity index (χ0n) is 15.3. The number of nitrogens with zero attached hydrogens (tertiary/aromatic N) is 1. The lowest BCUT2D eigenvalue weighted by Crippen LogP contribution is -2.48. The molecule has 0 unspecified atom stereocenters. The molecule has 0 saturated heterocycles. The lowest BCUT2D eigenvalue weighted by molar-refractivity contribution is -0.132. The minimum Gasteiger partial charge on any atom is -0.497 e. The molecule has 3 rings (SSSR count). The molecule has 25 heavy (non-hydrogen) atoms. The van der Waals surface area contributed by atoms with Crippen LogP contribution in [0.3, 0.4) is 0 Å². The van der Waals surface area contributed by atoms with Crippen molar-refractivity contribution in [1.82, 2.24) is 10.2 Å². The molecule has 1 aliphatic heterocycles. The van der Waals surface area contributed by atoms with Crippen LogP contribution in [0.1, 0.15) is 42.8 Å². The average Bonchev–Trinajstić information content (AvgIpc) is 3.07. The largest absolute Gasteiger partial charge is 0.497 e. The number of rotatable bonds is 4. The van der Waals surface area contributed by atoms with Gasteiger partial charge in [0.05, 0.1) is 19.7 Å². The van der Waals surface area contributed by atoms with Gasteiger partial charge in [-0.25, -0.2) is 0 Å². The molecule has 0 fully saturated rings. The van der Waals surface area contributed by atoms with E-state index < -0.39 is 0 Å². The lowest BCUT2D eigenvalue weighted by Gasteiger charge is -2.37. The Balaban J connectivity index is 1.89. The van der Waals surface area contributed by atoms with Crippen LogP contribution in [0.15, 0.2) is 35.7 Å². The Labute approximate surface area is 153 Å². The Bertz CT molecular complexity index is 731. The third kappa shape index (κ3) is 4.05. The first-order valence-corrected chi connectivity index (χ1v) is 9.52. The number of carbonyl (C=O) groups excluding carboxylic acids is 1. The van der Waals surface area contributed by atoms with Crippen LogP contribution < -0.4 is 10.1 Å². The minimum atomic E-state index is -0.0748. The van der Waals surface area contributed by atoms with Crippen molar-refractivity contribution in [3.05, 3.63) is 51.7 Å². The summed E-state index contributed by atoms with van der Waals surface area (Å²) in [7, 11) is 1.67. The molecule has 134 valence electrons. The number of carbonyl (C=O) groups is 1. The predicted molar refractivity (Wildman–Crippen MR) is 102 cm³/mol. The van der Waals surface area contributed by atoms with E-state index in [1.165, 1.54) is 10.4 Å². The fourth-order valence-electron chi connectivity index (χ4n) is 3.17. The Morgan fingerprint density at radius 3 is 2.64 bits per heavy atom.